The van der Waals surface area contributed by atoms with Gasteiger partial charge in [0.2, 0.25) is 5.95 Å². The SMILES string of the molecule is N#Cc1cnc(Nc2nc3ccccc3o2)nc1-c1cccs1. The summed E-state index contributed by atoms with van der Waals surface area (Å²) >= 11 is 1.52. The highest BCUT2D eigenvalue weighted by atomic mass is 32.1. The number of nitrogens with zero attached hydrogens (tertiary/aromatic N) is 4. The largest absolute Gasteiger partial charge is 0.423 e. The Labute approximate surface area is 135 Å². The first kappa shape index (κ1) is 13.4. The van der Waals surface area contributed by atoms with Crippen LogP contribution in [0.5, 0.6) is 0 Å². The minimum absolute atomic E-state index is 0.313. The summed E-state index contributed by atoms with van der Waals surface area (Å²) in [5.41, 5.74) is 2.45. The van der Waals surface area contributed by atoms with E-state index < -0.39 is 0 Å². The van der Waals surface area contributed by atoms with Crippen molar-refractivity contribution >= 4 is 34.4 Å². The Morgan fingerprint density at radius 2 is 2.04 bits per heavy atom. The van der Waals surface area contributed by atoms with Crippen molar-refractivity contribution < 1.29 is 4.42 Å². The van der Waals surface area contributed by atoms with Gasteiger partial charge in [0.15, 0.2) is 5.58 Å². The fraction of sp³-hybridized carbons (Fsp3) is 0. The summed E-state index contributed by atoms with van der Waals surface area (Å²) in [5.74, 6) is 0.332. The second kappa shape index (κ2) is 5.51. The van der Waals surface area contributed by atoms with Crippen molar-refractivity contribution in [3.63, 3.8) is 0 Å². The van der Waals surface area contributed by atoms with Gasteiger partial charge in [-0.3, -0.25) is 5.32 Å². The van der Waals surface area contributed by atoms with Crippen LogP contribution in [0.15, 0.2) is 52.4 Å². The van der Waals surface area contributed by atoms with Crippen LogP contribution in [0.3, 0.4) is 0 Å². The minimum Gasteiger partial charge on any atom is -0.423 e. The van der Waals surface area contributed by atoms with Crippen molar-refractivity contribution in [1.82, 2.24) is 15.0 Å². The van der Waals surface area contributed by atoms with Crippen LogP contribution < -0.4 is 5.32 Å². The van der Waals surface area contributed by atoms with Crippen LogP contribution in [0.2, 0.25) is 0 Å². The lowest BCUT2D eigenvalue weighted by atomic mass is 10.2. The number of aromatic nitrogens is 3. The molecule has 0 bridgehead atoms. The van der Waals surface area contributed by atoms with Gasteiger partial charge in [-0.2, -0.15) is 10.2 Å². The summed E-state index contributed by atoms with van der Waals surface area (Å²) in [7, 11) is 0. The van der Waals surface area contributed by atoms with Gasteiger partial charge < -0.3 is 4.42 Å². The Kier molecular flexibility index (Phi) is 3.22. The zero-order valence-corrected chi connectivity index (χ0v) is 12.5. The van der Waals surface area contributed by atoms with E-state index in [1.165, 1.54) is 17.5 Å². The van der Waals surface area contributed by atoms with E-state index in [0.29, 0.717) is 28.8 Å². The van der Waals surface area contributed by atoms with Crippen LogP contribution in [0.25, 0.3) is 21.7 Å². The van der Waals surface area contributed by atoms with Gasteiger partial charge in [-0.05, 0) is 23.6 Å². The van der Waals surface area contributed by atoms with Gasteiger partial charge >= 0.3 is 6.01 Å². The molecule has 0 saturated carbocycles. The van der Waals surface area contributed by atoms with Crippen LogP contribution in [-0.4, -0.2) is 15.0 Å². The molecule has 0 saturated heterocycles. The highest BCUT2D eigenvalue weighted by Gasteiger charge is 2.12. The molecule has 0 spiro atoms. The molecular formula is C16H9N5OS. The number of nitrogens with one attached hydrogen (secondary N) is 1. The topological polar surface area (TPSA) is 87.6 Å². The maximum atomic E-state index is 9.22. The maximum absolute atomic E-state index is 9.22. The number of fused-ring (bicyclic) bond motifs is 1. The molecule has 0 aliphatic heterocycles. The number of para-hydroxylation sites is 2. The van der Waals surface area contributed by atoms with Crippen LogP contribution in [-0.2, 0) is 0 Å². The van der Waals surface area contributed by atoms with E-state index in [4.69, 9.17) is 4.42 Å². The number of hydrogen-bond acceptors (Lipinski definition) is 7. The lowest BCUT2D eigenvalue weighted by Crippen LogP contribution is -1.99. The molecule has 4 rings (SSSR count). The number of nitriles is 1. The molecule has 0 atom stereocenters. The lowest BCUT2D eigenvalue weighted by Gasteiger charge is -2.04. The molecule has 3 heterocycles. The van der Waals surface area contributed by atoms with Gasteiger partial charge in [-0.15, -0.1) is 11.3 Å². The Balaban J connectivity index is 1.72. The molecule has 0 unspecified atom stereocenters. The molecule has 1 N–H and O–H groups in total. The average Bonchev–Trinajstić information content (AvgIpc) is 3.24. The Morgan fingerprint density at radius 3 is 2.83 bits per heavy atom. The molecule has 0 amide bonds. The minimum atomic E-state index is 0.313. The quantitative estimate of drug-likeness (QED) is 0.615. The Bertz CT molecular complexity index is 984. The number of rotatable bonds is 3. The fourth-order valence-corrected chi connectivity index (χ4v) is 2.87. The molecule has 0 radical (unpaired) electrons. The second-order valence-electron chi connectivity index (χ2n) is 4.66. The van der Waals surface area contributed by atoms with Crippen molar-refractivity contribution in [2.24, 2.45) is 0 Å². The molecule has 0 fully saturated rings. The van der Waals surface area contributed by atoms with E-state index >= 15 is 0 Å². The molecular weight excluding hydrogens is 310 g/mol. The first-order valence-corrected chi connectivity index (χ1v) is 7.65. The van der Waals surface area contributed by atoms with E-state index in [2.05, 4.69) is 26.3 Å². The van der Waals surface area contributed by atoms with Crippen molar-refractivity contribution in [2.45, 2.75) is 0 Å². The summed E-state index contributed by atoms with van der Waals surface area (Å²) in [4.78, 5) is 13.8. The van der Waals surface area contributed by atoms with Crippen molar-refractivity contribution in [1.29, 1.82) is 5.26 Å². The standard InChI is InChI=1S/C16H9N5OS/c17-8-10-9-18-15(20-14(10)13-6-3-7-23-13)21-16-19-11-4-1-2-5-12(11)22-16/h1-7,9H,(H,18,19,20,21). The lowest BCUT2D eigenvalue weighted by molar-refractivity contribution is 0.621. The third kappa shape index (κ3) is 2.52. The van der Waals surface area contributed by atoms with Crippen LogP contribution in [0.1, 0.15) is 5.56 Å². The number of hydrogen-bond donors (Lipinski definition) is 1. The third-order valence-electron chi connectivity index (χ3n) is 3.18. The Morgan fingerprint density at radius 1 is 1.13 bits per heavy atom. The zero-order chi connectivity index (χ0) is 15.6. The Hall–Kier alpha value is -3.24. The molecule has 110 valence electrons. The highest BCUT2D eigenvalue weighted by molar-refractivity contribution is 7.13. The van der Waals surface area contributed by atoms with Crippen molar-refractivity contribution in [3.8, 4) is 16.6 Å². The first-order valence-electron chi connectivity index (χ1n) is 6.77. The van der Waals surface area contributed by atoms with E-state index in [1.807, 2.05) is 41.8 Å². The molecule has 0 aliphatic carbocycles. The second-order valence-corrected chi connectivity index (χ2v) is 5.60. The first-order chi connectivity index (χ1) is 11.3. The maximum Gasteiger partial charge on any atom is 0.302 e. The number of benzene rings is 1. The van der Waals surface area contributed by atoms with Gasteiger partial charge in [0.25, 0.3) is 0 Å². The van der Waals surface area contributed by atoms with Gasteiger partial charge in [0, 0.05) is 0 Å². The molecule has 4 aromatic rings. The van der Waals surface area contributed by atoms with E-state index in [0.717, 1.165) is 10.4 Å². The van der Waals surface area contributed by atoms with Gasteiger partial charge in [0.05, 0.1) is 16.6 Å². The fourth-order valence-electron chi connectivity index (χ4n) is 2.15. The van der Waals surface area contributed by atoms with Crippen LogP contribution >= 0.6 is 11.3 Å². The molecule has 23 heavy (non-hydrogen) atoms. The van der Waals surface area contributed by atoms with Crippen molar-refractivity contribution in [3.05, 3.63) is 53.5 Å². The summed E-state index contributed by atoms with van der Waals surface area (Å²) in [5, 5.41) is 14.1. The zero-order valence-electron chi connectivity index (χ0n) is 11.7. The number of anilines is 2. The monoisotopic (exact) mass is 319 g/mol. The molecule has 0 aliphatic rings. The summed E-state index contributed by atoms with van der Waals surface area (Å²) in [6.45, 7) is 0. The smallest absolute Gasteiger partial charge is 0.302 e. The molecule has 7 heteroatoms. The van der Waals surface area contributed by atoms with Gasteiger partial charge in [-0.25, -0.2) is 9.97 Å². The molecule has 3 aromatic heterocycles. The summed E-state index contributed by atoms with van der Waals surface area (Å²) in [6, 6.07) is 13.7. The molecule has 6 nitrogen and oxygen atoms in total. The van der Waals surface area contributed by atoms with Crippen LogP contribution in [0, 0.1) is 11.3 Å². The molecule has 1 aromatic carbocycles. The normalized spacial score (nSPS) is 10.6. The average molecular weight is 319 g/mol. The summed E-state index contributed by atoms with van der Waals surface area (Å²) in [6.07, 6.45) is 1.49. The van der Waals surface area contributed by atoms with E-state index in [1.54, 1.807) is 0 Å². The van der Waals surface area contributed by atoms with E-state index in [9.17, 15) is 5.26 Å². The summed E-state index contributed by atoms with van der Waals surface area (Å²) < 4.78 is 5.59. The highest BCUT2D eigenvalue weighted by Crippen LogP contribution is 2.27. The number of oxazole rings is 1. The predicted molar refractivity (Wildman–Crippen MR) is 87.4 cm³/mol. The van der Waals surface area contributed by atoms with Gasteiger partial charge in [0.1, 0.15) is 17.3 Å². The van der Waals surface area contributed by atoms with Crippen LogP contribution in [0.4, 0.5) is 12.0 Å². The van der Waals surface area contributed by atoms with Gasteiger partial charge in [-0.1, -0.05) is 18.2 Å². The van der Waals surface area contributed by atoms with E-state index in [-0.39, 0.29) is 0 Å². The predicted octanol–water partition coefficient (Wildman–Crippen LogP) is 3.96. The third-order valence-corrected chi connectivity index (χ3v) is 4.05. The number of thiophene rings is 1. The van der Waals surface area contributed by atoms with Crippen molar-refractivity contribution in [2.75, 3.05) is 5.32 Å².